The van der Waals surface area contributed by atoms with Crippen LogP contribution in [-0.2, 0) is 13.6 Å². The van der Waals surface area contributed by atoms with Crippen molar-refractivity contribution in [2.75, 3.05) is 19.6 Å². The van der Waals surface area contributed by atoms with E-state index in [1.54, 1.807) is 6.20 Å². The van der Waals surface area contributed by atoms with Gasteiger partial charge in [0.15, 0.2) is 5.76 Å². The molecule has 1 aliphatic heterocycles. The van der Waals surface area contributed by atoms with E-state index in [4.69, 9.17) is 16.0 Å². The molecule has 7 heteroatoms. The predicted octanol–water partition coefficient (Wildman–Crippen LogP) is 2.88. The summed E-state index contributed by atoms with van der Waals surface area (Å²) < 4.78 is 8.03. The molecule has 1 atom stereocenters. The number of aromatic nitrogens is 3. The van der Waals surface area contributed by atoms with E-state index in [9.17, 15) is 0 Å². The maximum Gasteiger partial charge on any atom is 0.209 e. The van der Waals surface area contributed by atoms with Crippen LogP contribution in [0.4, 0.5) is 0 Å². The van der Waals surface area contributed by atoms with E-state index in [1.165, 1.54) is 0 Å². The number of hydrogen-bond acceptors (Lipinski definition) is 5. The molecule has 130 valence electrons. The second-order valence-electron chi connectivity index (χ2n) is 6.22. The van der Waals surface area contributed by atoms with Crippen molar-refractivity contribution in [3.8, 4) is 11.3 Å². The molecule has 6 nitrogen and oxygen atoms in total. The van der Waals surface area contributed by atoms with Gasteiger partial charge < -0.3 is 14.3 Å². The molecule has 25 heavy (non-hydrogen) atoms. The fourth-order valence-electron chi connectivity index (χ4n) is 3.22. The maximum absolute atomic E-state index is 6.06. The molecule has 0 amide bonds. The second kappa shape index (κ2) is 7.00. The number of rotatable bonds is 4. The fourth-order valence-corrected chi connectivity index (χ4v) is 3.41. The van der Waals surface area contributed by atoms with Crippen molar-refractivity contribution in [2.24, 2.45) is 7.05 Å². The first kappa shape index (κ1) is 16.3. The molecule has 3 heterocycles. The smallest absolute Gasteiger partial charge is 0.209 e. The van der Waals surface area contributed by atoms with Gasteiger partial charge in [0.05, 0.1) is 18.8 Å². The Bertz CT molecular complexity index is 859. The molecule has 0 radical (unpaired) electrons. The van der Waals surface area contributed by atoms with Gasteiger partial charge in [-0.15, -0.1) is 0 Å². The maximum atomic E-state index is 6.06. The Morgan fingerprint density at radius 1 is 1.36 bits per heavy atom. The third-order valence-electron chi connectivity index (χ3n) is 4.51. The molecule has 0 saturated carbocycles. The van der Waals surface area contributed by atoms with Gasteiger partial charge in [-0.05, 0) is 12.1 Å². The van der Waals surface area contributed by atoms with Gasteiger partial charge in [-0.3, -0.25) is 4.90 Å². The van der Waals surface area contributed by atoms with E-state index in [2.05, 4.69) is 24.8 Å². The van der Waals surface area contributed by atoms with Crippen LogP contribution in [-0.4, -0.2) is 39.1 Å². The van der Waals surface area contributed by atoms with Crippen LogP contribution in [0.25, 0.3) is 11.3 Å². The van der Waals surface area contributed by atoms with Crippen molar-refractivity contribution in [3.05, 3.63) is 59.6 Å². The van der Waals surface area contributed by atoms with Crippen LogP contribution in [0.5, 0.6) is 0 Å². The molecule has 2 aromatic heterocycles. The minimum absolute atomic E-state index is 0.204. The fraction of sp³-hybridized carbons (Fsp3) is 0.333. The van der Waals surface area contributed by atoms with E-state index < -0.39 is 0 Å². The minimum atomic E-state index is 0.204. The average Bonchev–Trinajstić information content (AvgIpc) is 3.25. The third-order valence-corrected chi connectivity index (χ3v) is 4.75. The summed E-state index contributed by atoms with van der Waals surface area (Å²) >= 11 is 6.06. The largest absolute Gasteiger partial charge is 0.439 e. The van der Waals surface area contributed by atoms with Crippen LogP contribution in [0.1, 0.15) is 17.8 Å². The van der Waals surface area contributed by atoms with E-state index >= 15 is 0 Å². The number of benzene rings is 1. The lowest BCUT2D eigenvalue weighted by molar-refractivity contribution is 0.132. The van der Waals surface area contributed by atoms with Crippen molar-refractivity contribution in [2.45, 2.75) is 12.6 Å². The van der Waals surface area contributed by atoms with Crippen molar-refractivity contribution in [1.82, 2.24) is 24.8 Å². The molecule has 1 fully saturated rings. The van der Waals surface area contributed by atoms with Gasteiger partial charge in [-0.2, -0.15) is 0 Å². The van der Waals surface area contributed by atoms with Crippen LogP contribution in [0.2, 0.25) is 5.02 Å². The molecule has 1 aromatic carbocycles. The zero-order valence-corrected chi connectivity index (χ0v) is 14.8. The van der Waals surface area contributed by atoms with E-state index in [0.29, 0.717) is 17.5 Å². The summed E-state index contributed by atoms with van der Waals surface area (Å²) in [5.74, 6) is 2.49. The SMILES string of the molecule is Cn1ccnc1C1CNCCN1Cc1ncc(-c2cccc(Cl)c2)o1. The summed E-state index contributed by atoms with van der Waals surface area (Å²) in [5.41, 5.74) is 0.937. The second-order valence-corrected chi connectivity index (χ2v) is 6.65. The first-order valence-electron chi connectivity index (χ1n) is 8.33. The Morgan fingerprint density at radius 3 is 3.08 bits per heavy atom. The summed E-state index contributed by atoms with van der Waals surface area (Å²) in [4.78, 5) is 11.3. The zero-order valence-electron chi connectivity index (χ0n) is 14.0. The number of imidazole rings is 1. The molecule has 0 bridgehead atoms. The molecule has 4 rings (SSSR count). The monoisotopic (exact) mass is 357 g/mol. The third kappa shape index (κ3) is 3.46. The molecule has 1 unspecified atom stereocenters. The lowest BCUT2D eigenvalue weighted by Gasteiger charge is -2.34. The summed E-state index contributed by atoms with van der Waals surface area (Å²) in [6.07, 6.45) is 5.58. The number of aryl methyl sites for hydroxylation is 1. The van der Waals surface area contributed by atoms with Crippen LogP contribution < -0.4 is 5.32 Å². The molecule has 0 spiro atoms. The highest BCUT2D eigenvalue weighted by atomic mass is 35.5. The van der Waals surface area contributed by atoms with Crippen molar-refractivity contribution >= 4 is 11.6 Å². The molecule has 1 N–H and O–H groups in total. The van der Waals surface area contributed by atoms with Crippen LogP contribution in [0.15, 0.2) is 47.3 Å². The van der Waals surface area contributed by atoms with Crippen LogP contribution in [0, 0.1) is 0 Å². The van der Waals surface area contributed by atoms with E-state index in [-0.39, 0.29) is 6.04 Å². The number of nitrogens with zero attached hydrogens (tertiary/aromatic N) is 4. The van der Waals surface area contributed by atoms with Gasteiger partial charge in [-0.25, -0.2) is 9.97 Å². The lowest BCUT2D eigenvalue weighted by atomic mass is 10.1. The molecule has 1 aliphatic rings. The Balaban J connectivity index is 1.54. The summed E-state index contributed by atoms with van der Waals surface area (Å²) in [5, 5.41) is 4.13. The van der Waals surface area contributed by atoms with Gasteiger partial charge in [0.2, 0.25) is 5.89 Å². The van der Waals surface area contributed by atoms with E-state index in [1.807, 2.05) is 43.7 Å². The van der Waals surface area contributed by atoms with Gasteiger partial charge >= 0.3 is 0 Å². The molecule has 3 aromatic rings. The zero-order chi connectivity index (χ0) is 17.2. The predicted molar refractivity (Wildman–Crippen MR) is 96.2 cm³/mol. The summed E-state index contributed by atoms with van der Waals surface area (Å²) in [6.45, 7) is 3.39. The highest BCUT2D eigenvalue weighted by Crippen LogP contribution is 2.26. The van der Waals surface area contributed by atoms with Gasteiger partial charge in [-0.1, -0.05) is 23.7 Å². The minimum Gasteiger partial charge on any atom is -0.439 e. The number of halogens is 1. The lowest BCUT2D eigenvalue weighted by Crippen LogP contribution is -2.46. The molecule has 0 aliphatic carbocycles. The Hall–Kier alpha value is -2.15. The average molecular weight is 358 g/mol. The molecular formula is C18H20ClN5O. The van der Waals surface area contributed by atoms with Gasteiger partial charge in [0.1, 0.15) is 5.82 Å². The van der Waals surface area contributed by atoms with Gasteiger partial charge in [0, 0.05) is 49.7 Å². The molecular weight excluding hydrogens is 338 g/mol. The Labute approximate surface area is 151 Å². The first-order valence-corrected chi connectivity index (χ1v) is 8.71. The Morgan fingerprint density at radius 2 is 2.28 bits per heavy atom. The number of oxazole rings is 1. The topological polar surface area (TPSA) is 59.1 Å². The molecule has 1 saturated heterocycles. The summed E-state index contributed by atoms with van der Waals surface area (Å²) in [6, 6.07) is 7.81. The Kier molecular flexibility index (Phi) is 4.57. The summed E-state index contributed by atoms with van der Waals surface area (Å²) in [7, 11) is 2.03. The normalized spacial score (nSPS) is 18.6. The standard InChI is InChI=1S/C18H20ClN5O/c1-23-7-6-21-18(23)15-10-20-5-8-24(15)12-17-22-11-16(25-17)13-3-2-4-14(19)9-13/h2-4,6-7,9,11,15,20H,5,8,10,12H2,1H3. The van der Waals surface area contributed by atoms with E-state index in [0.717, 1.165) is 36.8 Å². The van der Waals surface area contributed by atoms with Crippen molar-refractivity contribution in [3.63, 3.8) is 0 Å². The van der Waals surface area contributed by atoms with Crippen LogP contribution >= 0.6 is 11.6 Å². The number of piperazine rings is 1. The first-order chi connectivity index (χ1) is 12.2. The number of nitrogens with one attached hydrogen (secondary N) is 1. The highest BCUT2D eigenvalue weighted by molar-refractivity contribution is 6.30. The number of hydrogen-bond donors (Lipinski definition) is 1. The highest BCUT2D eigenvalue weighted by Gasteiger charge is 2.27. The quantitative estimate of drug-likeness (QED) is 0.778. The van der Waals surface area contributed by atoms with Gasteiger partial charge in [0.25, 0.3) is 0 Å². The van der Waals surface area contributed by atoms with Crippen molar-refractivity contribution < 1.29 is 4.42 Å². The van der Waals surface area contributed by atoms with Crippen molar-refractivity contribution in [1.29, 1.82) is 0 Å². The van der Waals surface area contributed by atoms with Crippen LogP contribution in [0.3, 0.4) is 0 Å².